The Bertz CT molecular complexity index is 675. The Hall–Kier alpha value is -2.63. The van der Waals surface area contributed by atoms with Crippen molar-refractivity contribution in [2.45, 2.75) is 19.9 Å². The molecule has 0 radical (unpaired) electrons. The lowest BCUT2D eigenvalue weighted by molar-refractivity contribution is 0.249. The highest BCUT2D eigenvalue weighted by molar-refractivity contribution is 5.89. The van der Waals surface area contributed by atoms with Crippen LogP contribution in [0.25, 0.3) is 0 Å². The average molecular weight is 320 g/mol. The first-order valence-electron chi connectivity index (χ1n) is 7.25. The highest BCUT2D eigenvalue weighted by Crippen LogP contribution is 2.19. The molecule has 0 aliphatic heterocycles. The van der Waals surface area contributed by atoms with Crippen molar-refractivity contribution in [1.82, 2.24) is 5.32 Å². The summed E-state index contributed by atoms with van der Waals surface area (Å²) in [5.41, 5.74) is 0.797. The summed E-state index contributed by atoms with van der Waals surface area (Å²) in [6.07, 6.45) is 0. The van der Waals surface area contributed by atoms with E-state index in [9.17, 15) is 13.6 Å². The number of nitrogens with one attached hydrogen (secondary N) is 2. The Morgan fingerprint density at radius 2 is 1.87 bits per heavy atom. The van der Waals surface area contributed by atoms with E-state index in [0.29, 0.717) is 18.0 Å². The third kappa shape index (κ3) is 4.67. The Balaban J connectivity index is 1.95. The third-order valence-electron chi connectivity index (χ3n) is 3.20. The largest absolute Gasteiger partial charge is 0.494 e. The van der Waals surface area contributed by atoms with Crippen LogP contribution in [0.2, 0.25) is 0 Å². The molecule has 6 heteroatoms. The predicted octanol–water partition coefficient (Wildman–Crippen LogP) is 4.25. The molecule has 0 unspecified atom stereocenters. The van der Waals surface area contributed by atoms with Crippen LogP contribution >= 0.6 is 0 Å². The smallest absolute Gasteiger partial charge is 0.319 e. The normalized spacial score (nSPS) is 11.7. The minimum Gasteiger partial charge on any atom is -0.494 e. The molecule has 0 aromatic heterocycles. The van der Waals surface area contributed by atoms with Crippen LogP contribution in [-0.4, -0.2) is 12.6 Å². The molecule has 122 valence electrons. The zero-order chi connectivity index (χ0) is 16.8. The number of anilines is 1. The highest BCUT2D eigenvalue weighted by atomic mass is 19.1. The standard InChI is InChI=1S/C17H18F2N2O2/c1-3-23-14-7-5-13(6-8-14)21-17(22)20-11(2)15-9-4-12(18)10-16(15)19/h4-11H,3H2,1-2H3,(H2,20,21,22)/t11-/m0/s1. The third-order valence-corrected chi connectivity index (χ3v) is 3.20. The van der Waals surface area contributed by atoms with Crippen LogP contribution < -0.4 is 15.4 Å². The van der Waals surface area contributed by atoms with Gasteiger partial charge in [0, 0.05) is 17.3 Å². The highest BCUT2D eigenvalue weighted by Gasteiger charge is 2.14. The lowest BCUT2D eigenvalue weighted by Gasteiger charge is -2.16. The Morgan fingerprint density at radius 3 is 2.48 bits per heavy atom. The van der Waals surface area contributed by atoms with E-state index in [2.05, 4.69) is 10.6 Å². The number of ether oxygens (including phenoxy) is 1. The van der Waals surface area contributed by atoms with Gasteiger partial charge >= 0.3 is 6.03 Å². The van der Waals surface area contributed by atoms with Gasteiger partial charge in [0.25, 0.3) is 0 Å². The topological polar surface area (TPSA) is 50.4 Å². The number of rotatable bonds is 5. The first-order chi connectivity index (χ1) is 11.0. The molecule has 0 spiro atoms. The zero-order valence-electron chi connectivity index (χ0n) is 12.9. The second-order valence-electron chi connectivity index (χ2n) is 4.94. The maximum atomic E-state index is 13.7. The number of halogens is 2. The van der Waals surface area contributed by atoms with Crippen LogP contribution in [0.4, 0.5) is 19.3 Å². The second-order valence-corrected chi connectivity index (χ2v) is 4.94. The van der Waals surface area contributed by atoms with E-state index < -0.39 is 23.7 Å². The lowest BCUT2D eigenvalue weighted by Crippen LogP contribution is -2.31. The molecule has 2 amide bonds. The van der Waals surface area contributed by atoms with Gasteiger partial charge in [-0.05, 0) is 44.2 Å². The fourth-order valence-corrected chi connectivity index (χ4v) is 2.10. The molecule has 0 aliphatic rings. The number of urea groups is 1. The second kappa shape index (κ2) is 7.58. The molecule has 0 saturated heterocycles. The average Bonchev–Trinajstić information content (AvgIpc) is 2.49. The van der Waals surface area contributed by atoms with Crippen molar-refractivity contribution in [3.8, 4) is 5.75 Å². The summed E-state index contributed by atoms with van der Waals surface area (Å²) in [4.78, 5) is 11.9. The molecule has 23 heavy (non-hydrogen) atoms. The number of carbonyl (C=O) groups excluding carboxylic acids is 1. The van der Waals surface area contributed by atoms with Crippen molar-refractivity contribution in [2.24, 2.45) is 0 Å². The van der Waals surface area contributed by atoms with E-state index in [4.69, 9.17) is 4.74 Å². The van der Waals surface area contributed by atoms with Crippen LogP contribution in [0.15, 0.2) is 42.5 Å². The first kappa shape index (κ1) is 16.7. The van der Waals surface area contributed by atoms with Gasteiger partial charge < -0.3 is 15.4 Å². The van der Waals surface area contributed by atoms with Crippen LogP contribution in [0.3, 0.4) is 0 Å². The summed E-state index contributed by atoms with van der Waals surface area (Å²) in [7, 11) is 0. The van der Waals surface area contributed by atoms with Crippen molar-refractivity contribution in [2.75, 3.05) is 11.9 Å². The maximum absolute atomic E-state index is 13.7. The number of hydrogen-bond acceptors (Lipinski definition) is 2. The summed E-state index contributed by atoms with van der Waals surface area (Å²) in [6.45, 7) is 4.07. The molecule has 0 bridgehead atoms. The Labute approximate surface area is 133 Å². The fourth-order valence-electron chi connectivity index (χ4n) is 2.10. The van der Waals surface area contributed by atoms with E-state index in [0.717, 1.165) is 12.1 Å². The minimum atomic E-state index is -0.695. The Morgan fingerprint density at radius 1 is 1.17 bits per heavy atom. The van der Waals surface area contributed by atoms with Gasteiger partial charge in [-0.25, -0.2) is 13.6 Å². The molecular weight excluding hydrogens is 302 g/mol. The molecular formula is C17H18F2N2O2. The van der Waals surface area contributed by atoms with E-state index in [1.165, 1.54) is 6.07 Å². The number of hydrogen-bond donors (Lipinski definition) is 2. The van der Waals surface area contributed by atoms with Crippen LogP contribution in [0, 0.1) is 11.6 Å². The summed E-state index contributed by atoms with van der Waals surface area (Å²) in [5, 5.41) is 5.24. The molecule has 2 N–H and O–H groups in total. The molecule has 2 aromatic rings. The van der Waals surface area contributed by atoms with Crippen LogP contribution in [0.5, 0.6) is 5.75 Å². The molecule has 2 rings (SSSR count). The van der Waals surface area contributed by atoms with Crippen LogP contribution in [0.1, 0.15) is 25.5 Å². The maximum Gasteiger partial charge on any atom is 0.319 e. The van der Waals surface area contributed by atoms with Gasteiger partial charge in [-0.1, -0.05) is 6.07 Å². The Kier molecular flexibility index (Phi) is 5.51. The van der Waals surface area contributed by atoms with E-state index in [-0.39, 0.29) is 5.56 Å². The summed E-state index contributed by atoms with van der Waals surface area (Å²) < 4.78 is 31.9. The number of carbonyl (C=O) groups is 1. The van der Waals surface area contributed by atoms with E-state index in [1.54, 1.807) is 31.2 Å². The molecule has 4 nitrogen and oxygen atoms in total. The fraction of sp³-hybridized carbons (Fsp3) is 0.235. The van der Waals surface area contributed by atoms with Gasteiger partial charge in [-0.15, -0.1) is 0 Å². The van der Waals surface area contributed by atoms with E-state index in [1.807, 2.05) is 6.92 Å². The zero-order valence-corrected chi connectivity index (χ0v) is 12.9. The lowest BCUT2D eigenvalue weighted by atomic mass is 10.1. The monoisotopic (exact) mass is 320 g/mol. The first-order valence-corrected chi connectivity index (χ1v) is 7.25. The van der Waals surface area contributed by atoms with Crippen molar-refractivity contribution in [3.05, 3.63) is 59.7 Å². The molecule has 0 saturated carbocycles. The molecule has 0 fully saturated rings. The van der Waals surface area contributed by atoms with Gasteiger partial charge in [-0.3, -0.25) is 0 Å². The summed E-state index contributed by atoms with van der Waals surface area (Å²) >= 11 is 0. The molecule has 1 atom stereocenters. The van der Waals surface area contributed by atoms with E-state index >= 15 is 0 Å². The summed E-state index contributed by atoms with van der Waals surface area (Å²) in [6, 6.07) is 9.06. The molecule has 0 heterocycles. The molecule has 0 aliphatic carbocycles. The van der Waals surface area contributed by atoms with Gasteiger partial charge in [0.1, 0.15) is 17.4 Å². The number of benzene rings is 2. The van der Waals surface area contributed by atoms with Crippen molar-refractivity contribution < 1.29 is 18.3 Å². The predicted molar refractivity (Wildman–Crippen MR) is 84.5 cm³/mol. The van der Waals surface area contributed by atoms with Crippen molar-refractivity contribution in [3.63, 3.8) is 0 Å². The van der Waals surface area contributed by atoms with Crippen molar-refractivity contribution in [1.29, 1.82) is 0 Å². The molecule has 2 aromatic carbocycles. The van der Waals surface area contributed by atoms with Gasteiger partial charge in [0.05, 0.1) is 12.6 Å². The van der Waals surface area contributed by atoms with Crippen LogP contribution in [-0.2, 0) is 0 Å². The van der Waals surface area contributed by atoms with Crippen molar-refractivity contribution >= 4 is 11.7 Å². The van der Waals surface area contributed by atoms with Gasteiger partial charge in [0.15, 0.2) is 0 Å². The van der Waals surface area contributed by atoms with Gasteiger partial charge in [0.2, 0.25) is 0 Å². The number of amides is 2. The minimum absolute atomic E-state index is 0.216. The van der Waals surface area contributed by atoms with Gasteiger partial charge in [-0.2, -0.15) is 0 Å². The SMILES string of the molecule is CCOc1ccc(NC(=O)N[C@@H](C)c2ccc(F)cc2F)cc1. The quantitative estimate of drug-likeness (QED) is 0.865. The summed E-state index contributed by atoms with van der Waals surface area (Å²) in [5.74, 6) is -0.642.